The number of amides is 2. The average Bonchev–Trinajstić information content (AvgIpc) is 3.19. The van der Waals surface area contributed by atoms with E-state index < -0.39 is 0 Å². The Morgan fingerprint density at radius 1 is 1.06 bits per heavy atom. The van der Waals surface area contributed by atoms with Gasteiger partial charge in [-0.25, -0.2) is 0 Å². The molecule has 0 radical (unpaired) electrons. The molecule has 6 heteroatoms. The normalized spacial score (nSPS) is 30.6. The summed E-state index contributed by atoms with van der Waals surface area (Å²) >= 11 is 0. The van der Waals surface area contributed by atoms with Gasteiger partial charge in [-0.3, -0.25) is 14.5 Å². The smallest absolute Gasteiger partial charge is 0.224 e. The van der Waals surface area contributed by atoms with Gasteiger partial charge in [0.25, 0.3) is 0 Å². The highest BCUT2D eigenvalue weighted by Crippen LogP contribution is 2.65. The molecule has 4 saturated carbocycles. The molecule has 180 valence electrons. The van der Waals surface area contributed by atoms with Gasteiger partial charge in [-0.05, 0) is 86.8 Å². The summed E-state index contributed by atoms with van der Waals surface area (Å²) in [6.45, 7) is 6.99. The Morgan fingerprint density at radius 3 is 2.52 bits per heavy atom. The molecule has 1 aromatic carbocycles. The molecule has 5 fully saturated rings. The van der Waals surface area contributed by atoms with Crippen LogP contribution in [0, 0.1) is 23.2 Å². The molecule has 0 aromatic heterocycles. The number of nitrogens with one attached hydrogen (secondary N) is 1. The van der Waals surface area contributed by atoms with Crippen molar-refractivity contribution in [3.8, 4) is 5.75 Å². The number of unbranched alkanes of at least 4 members (excludes halogenated alkanes) is 1. The molecule has 0 spiro atoms. The number of ether oxygens (including phenoxy) is 1. The molecule has 4 aliphatic carbocycles. The van der Waals surface area contributed by atoms with Gasteiger partial charge in [-0.2, -0.15) is 0 Å². The monoisotopic (exact) mass is 453 g/mol. The summed E-state index contributed by atoms with van der Waals surface area (Å²) in [5.74, 6) is 3.85. The zero-order chi connectivity index (χ0) is 22.8. The first-order valence-electron chi connectivity index (χ1n) is 13.0. The third kappa shape index (κ3) is 5.37. The highest BCUT2D eigenvalue weighted by Gasteiger charge is 2.56. The summed E-state index contributed by atoms with van der Waals surface area (Å²) in [4.78, 5) is 28.6. The quantitative estimate of drug-likeness (QED) is 0.570. The molecule has 1 aromatic rings. The van der Waals surface area contributed by atoms with Crippen LogP contribution in [-0.2, 0) is 9.59 Å². The van der Waals surface area contributed by atoms with E-state index in [4.69, 9.17) is 4.74 Å². The lowest BCUT2D eigenvalue weighted by atomic mass is 9.67. The van der Waals surface area contributed by atoms with Crippen molar-refractivity contribution in [2.45, 2.75) is 58.3 Å². The summed E-state index contributed by atoms with van der Waals surface area (Å²) in [5.41, 5.74) is 1.13. The van der Waals surface area contributed by atoms with Crippen LogP contribution in [0.5, 0.6) is 5.75 Å². The van der Waals surface area contributed by atoms with E-state index in [1.807, 2.05) is 29.2 Å². The summed E-state index contributed by atoms with van der Waals surface area (Å²) < 4.78 is 5.96. The van der Waals surface area contributed by atoms with Crippen LogP contribution >= 0.6 is 0 Å². The van der Waals surface area contributed by atoms with E-state index in [2.05, 4.69) is 10.2 Å². The fourth-order valence-electron chi connectivity index (χ4n) is 7.32. The standard InChI is InChI=1S/C27H39N3O3/c1-20(31)30-10-8-29(9-11-30)7-2-3-12-33-25-6-4-5-24(15-25)28-26(32)19-27-16-21-13-22(17-27)23(14-21)18-27/h4-6,15,21-23H,2-3,7-14,16-19H2,1H3,(H,28,32). The second-order valence-electron chi connectivity index (χ2n) is 11.1. The van der Waals surface area contributed by atoms with Gasteiger partial charge in [0.1, 0.15) is 5.75 Å². The predicted octanol–water partition coefficient (Wildman–Crippen LogP) is 4.16. The van der Waals surface area contributed by atoms with Crippen LogP contribution in [0.2, 0.25) is 0 Å². The first-order valence-corrected chi connectivity index (χ1v) is 13.0. The number of carbonyl (C=O) groups is 2. The van der Waals surface area contributed by atoms with Crippen LogP contribution in [0.15, 0.2) is 24.3 Å². The lowest BCUT2D eigenvalue weighted by molar-refractivity contribution is -0.130. The zero-order valence-corrected chi connectivity index (χ0v) is 20.1. The lowest BCUT2D eigenvalue weighted by Crippen LogP contribution is -2.48. The first kappa shape index (κ1) is 22.7. The maximum Gasteiger partial charge on any atom is 0.224 e. The van der Waals surface area contributed by atoms with Crippen LogP contribution in [-0.4, -0.2) is 60.9 Å². The molecule has 2 amide bonds. The Bertz CT molecular complexity index is 844. The van der Waals surface area contributed by atoms with Gasteiger partial charge in [0.2, 0.25) is 11.8 Å². The van der Waals surface area contributed by atoms with Gasteiger partial charge in [-0.1, -0.05) is 6.07 Å². The molecule has 33 heavy (non-hydrogen) atoms. The maximum absolute atomic E-state index is 12.8. The van der Waals surface area contributed by atoms with Crippen LogP contribution < -0.4 is 10.1 Å². The first-order chi connectivity index (χ1) is 16.0. The second-order valence-corrected chi connectivity index (χ2v) is 11.1. The molecule has 1 aliphatic heterocycles. The maximum atomic E-state index is 12.8. The minimum Gasteiger partial charge on any atom is -0.494 e. The SMILES string of the molecule is CC(=O)N1CCN(CCCCOc2cccc(NC(=O)CC34CC5CC(C3)C(C5)C4)c2)CC1. The number of hydrogen-bond donors (Lipinski definition) is 1. The number of nitrogens with zero attached hydrogens (tertiary/aromatic N) is 2. The van der Waals surface area contributed by atoms with Gasteiger partial charge in [0, 0.05) is 51.3 Å². The zero-order valence-electron chi connectivity index (χ0n) is 20.1. The van der Waals surface area contributed by atoms with E-state index in [-0.39, 0.29) is 17.2 Å². The van der Waals surface area contributed by atoms with Crippen molar-refractivity contribution in [1.29, 1.82) is 0 Å². The molecule has 1 N–H and O–H groups in total. The fourth-order valence-corrected chi connectivity index (χ4v) is 7.32. The third-order valence-corrected chi connectivity index (χ3v) is 8.66. The molecule has 1 heterocycles. The Morgan fingerprint density at radius 2 is 1.82 bits per heavy atom. The van der Waals surface area contributed by atoms with Crippen LogP contribution in [0.25, 0.3) is 0 Å². The topological polar surface area (TPSA) is 61.9 Å². The summed E-state index contributed by atoms with van der Waals surface area (Å²) in [7, 11) is 0. The summed E-state index contributed by atoms with van der Waals surface area (Å²) in [6.07, 6.45) is 9.42. The van der Waals surface area contributed by atoms with E-state index in [1.165, 1.54) is 32.1 Å². The Labute approximate surface area is 198 Å². The molecule has 2 unspecified atom stereocenters. The number of benzene rings is 1. The van der Waals surface area contributed by atoms with Gasteiger partial charge < -0.3 is 15.0 Å². The van der Waals surface area contributed by atoms with Crippen molar-refractivity contribution in [2.75, 3.05) is 44.6 Å². The Balaban J connectivity index is 1.01. The third-order valence-electron chi connectivity index (χ3n) is 8.66. The molecular weight excluding hydrogens is 414 g/mol. The van der Waals surface area contributed by atoms with Gasteiger partial charge in [-0.15, -0.1) is 0 Å². The van der Waals surface area contributed by atoms with E-state index in [1.54, 1.807) is 6.92 Å². The van der Waals surface area contributed by atoms with Crippen LogP contribution in [0.4, 0.5) is 5.69 Å². The van der Waals surface area contributed by atoms with Crippen molar-refractivity contribution in [2.24, 2.45) is 23.2 Å². The van der Waals surface area contributed by atoms with Crippen molar-refractivity contribution in [1.82, 2.24) is 9.80 Å². The van der Waals surface area contributed by atoms with Gasteiger partial charge >= 0.3 is 0 Å². The molecule has 5 aliphatic rings. The minimum atomic E-state index is 0.166. The van der Waals surface area contributed by atoms with Crippen molar-refractivity contribution in [3.63, 3.8) is 0 Å². The number of carbonyl (C=O) groups excluding carboxylic acids is 2. The largest absolute Gasteiger partial charge is 0.494 e. The average molecular weight is 454 g/mol. The van der Waals surface area contributed by atoms with Crippen molar-refractivity contribution in [3.05, 3.63) is 24.3 Å². The number of hydrogen-bond acceptors (Lipinski definition) is 4. The van der Waals surface area contributed by atoms with E-state index in [0.29, 0.717) is 13.0 Å². The molecule has 6 rings (SSSR count). The Hall–Kier alpha value is -2.08. The fraction of sp³-hybridized carbons (Fsp3) is 0.704. The molecular formula is C27H39N3O3. The second kappa shape index (κ2) is 9.65. The molecule has 6 nitrogen and oxygen atoms in total. The van der Waals surface area contributed by atoms with E-state index >= 15 is 0 Å². The lowest BCUT2D eigenvalue weighted by Gasteiger charge is -2.37. The van der Waals surface area contributed by atoms with E-state index in [9.17, 15) is 9.59 Å². The highest BCUT2D eigenvalue weighted by molar-refractivity contribution is 5.91. The highest BCUT2D eigenvalue weighted by atomic mass is 16.5. The van der Waals surface area contributed by atoms with Crippen molar-refractivity contribution < 1.29 is 14.3 Å². The van der Waals surface area contributed by atoms with Crippen LogP contribution in [0.3, 0.4) is 0 Å². The van der Waals surface area contributed by atoms with Gasteiger partial charge in [0.15, 0.2) is 0 Å². The van der Waals surface area contributed by atoms with E-state index in [0.717, 1.165) is 74.8 Å². The van der Waals surface area contributed by atoms with Gasteiger partial charge in [0.05, 0.1) is 6.61 Å². The molecule has 2 atom stereocenters. The predicted molar refractivity (Wildman–Crippen MR) is 129 cm³/mol. The number of piperazine rings is 1. The van der Waals surface area contributed by atoms with Crippen molar-refractivity contribution >= 4 is 17.5 Å². The van der Waals surface area contributed by atoms with Crippen LogP contribution in [0.1, 0.15) is 58.3 Å². The molecule has 4 bridgehead atoms. The summed E-state index contributed by atoms with van der Waals surface area (Å²) in [5, 5.41) is 3.14. The summed E-state index contributed by atoms with van der Waals surface area (Å²) in [6, 6.07) is 7.83. The molecule has 1 saturated heterocycles. The minimum absolute atomic E-state index is 0.166. The number of anilines is 1. The number of rotatable bonds is 9. The Kier molecular flexibility index (Phi) is 6.64.